The van der Waals surface area contributed by atoms with Crippen LogP contribution in [-0.4, -0.2) is 22.0 Å². The van der Waals surface area contributed by atoms with Crippen molar-refractivity contribution in [2.75, 3.05) is 11.9 Å². The van der Waals surface area contributed by atoms with E-state index in [1.54, 1.807) is 35.3 Å². The molecule has 100 valence electrons. The fourth-order valence-electron chi connectivity index (χ4n) is 1.53. The zero-order valence-corrected chi connectivity index (χ0v) is 12.3. The summed E-state index contributed by atoms with van der Waals surface area (Å²) in [6.45, 7) is 1.12. The first-order chi connectivity index (χ1) is 9.10. The van der Waals surface area contributed by atoms with Crippen LogP contribution in [0.25, 0.3) is 0 Å². The third kappa shape index (κ3) is 3.56. The Hall–Kier alpha value is -1.37. The number of carbonyl (C=O) groups excluding carboxylic acids is 1. The SMILES string of the molecule is NCCn1cnc(C(=O)Nc2cc(Cl)ccc2Br)c1. The molecule has 0 atom stereocenters. The van der Waals surface area contributed by atoms with Crippen LogP contribution in [0.4, 0.5) is 5.69 Å². The number of hydrogen-bond donors (Lipinski definition) is 2. The lowest BCUT2D eigenvalue weighted by atomic mass is 10.3. The molecule has 19 heavy (non-hydrogen) atoms. The summed E-state index contributed by atoms with van der Waals surface area (Å²) in [6.07, 6.45) is 3.23. The second-order valence-corrected chi connectivity index (χ2v) is 5.15. The quantitative estimate of drug-likeness (QED) is 0.896. The lowest BCUT2D eigenvalue weighted by Crippen LogP contribution is -2.13. The molecule has 0 saturated carbocycles. The van der Waals surface area contributed by atoms with Crippen LogP contribution in [0.3, 0.4) is 0 Å². The van der Waals surface area contributed by atoms with Gasteiger partial charge in [0.15, 0.2) is 0 Å². The molecule has 1 aromatic carbocycles. The van der Waals surface area contributed by atoms with E-state index in [9.17, 15) is 4.79 Å². The fourth-order valence-corrected chi connectivity index (χ4v) is 2.05. The van der Waals surface area contributed by atoms with Gasteiger partial charge in [0.05, 0.1) is 12.0 Å². The van der Waals surface area contributed by atoms with Crippen LogP contribution in [0.1, 0.15) is 10.5 Å². The number of rotatable bonds is 4. The van der Waals surface area contributed by atoms with Crippen LogP contribution >= 0.6 is 27.5 Å². The number of nitrogens with one attached hydrogen (secondary N) is 1. The Labute approximate surface area is 123 Å². The lowest BCUT2D eigenvalue weighted by molar-refractivity contribution is 0.102. The standard InChI is InChI=1S/C12H12BrClN4O/c13-9-2-1-8(14)5-10(9)17-12(19)11-6-18(4-3-15)7-16-11/h1-2,5-7H,3-4,15H2,(H,17,19). The van der Waals surface area contributed by atoms with Gasteiger partial charge in [-0.3, -0.25) is 4.79 Å². The summed E-state index contributed by atoms with van der Waals surface area (Å²) in [4.78, 5) is 16.0. The van der Waals surface area contributed by atoms with Crippen molar-refractivity contribution in [3.63, 3.8) is 0 Å². The maximum Gasteiger partial charge on any atom is 0.275 e. The van der Waals surface area contributed by atoms with Crippen molar-refractivity contribution in [1.29, 1.82) is 0 Å². The maximum atomic E-state index is 12.0. The summed E-state index contributed by atoms with van der Waals surface area (Å²) in [6, 6.07) is 5.17. The highest BCUT2D eigenvalue weighted by atomic mass is 79.9. The van der Waals surface area contributed by atoms with Gasteiger partial charge in [0.2, 0.25) is 0 Å². The molecular formula is C12H12BrClN4O. The molecule has 1 amide bonds. The Morgan fingerprint density at radius 2 is 2.32 bits per heavy atom. The number of nitrogens with zero attached hydrogens (tertiary/aromatic N) is 2. The van der Waals surface area contributed by atoms with Crippen LogP contribution in [0, 0.1) is 0 Å². The summed E-state index contributed by atoms with van der Waals surface area (Å²) < 4.78 is 2.52. The molecule has 3 N–H and O–H groups in total. The number of hydrogen-bond acceptors (Lipinski definition) is 3. The normalized spacial score (nSPS) is 10.5. The van der Waals surface area contributed by atoms with Crippen LogP contribution in [0.15, 0.2) is 35.2 Å². The van der Waals surface area contributed by atoms with Crippen molar-refractivity contribution in [2.24, 2.45) is 5.73 Å². The second-order valence-electron chi connectivity index (χ2n) is 3.86. The van der Waals surface area contributed by atoms with Crippen molar-refractivity contribution < 1.29 is 4.79 Å². The van der Waals surface area contributed by atoms with E-state index in [0.29, 0.717) is 29.5 Å². The number of imidazole rings is 1. The van der Waals surface area contributed by atoms with E-state index in [2.05, 4.69) is 26.2 Å². The molecule has 0 aliphatic rings. The van der Waals surface area contributed by atoms with Crippen LogP contribution in [0.2, 0.25) is 5.02 Å². The lowest BCUT2D eigenvalue weighted by Gasteiger charge is -2.06. The fraction of sp³-hybridized carbons (Fsp3) is 0.167. The summed E-state index contributed by atoms with van der Waals surface area (Å²) in [7, 11) is 0. The highest BCUT2D eigenvalue weighted by Crippen LogP contribution is 2.26. The molecule has 1 aromatic heterocycles. The maximum absolute atomic E-state index is 12.0. The van der Waals surface area contributed by atoms with Gasteiger partial charge in [0.1, 0.15) is 5.69 Å². The summed E-state index contributed by atoms with van der Waals surface area (Å²) in [5.41, 5.74) is 6.37. The summed E-state index contributed by atoms with van der Waals surface area (Å²) in [5, 5.41) is 3.29. The molecule has 7 heteroatoms. The third-order valence-corrected chi connectivity index (χ3v) is 3.36. The molecule has 0 aliphatic heterocycles. The largest absolute Gasteiger partial charge is 0.335 e. The Morgan fingerprint density at radius 1 is 1.53 bits per heavy atom. The van der Waals surface area contributed by atoms with Crippen LogP contribution in [-0.2, 0) is 6.54 Å². The average molecular weight is 344 g/mol. The molecule has 1 heterocycles. The first kappa shape index (κ1) is 14.0. The van der Waals surface area contributed by atoms with E-state index in [-0.39, 0.29) is 5.91 Å². The molecular weight excluding hydrogens is 332 g/mol. The minimum Gasteiger partial charge on any atom is -0.335 e. The number of nitrogens with two attached hydrogens (primary N) is 1. The van der Waals surface area contributed by atoms with Gasteiger partial charge >= 0.3 is 0 Å². The Bertz CT molecular complexity index is 599. The van der Waals surface area contributed by atoms with Gasteiger partial charge in [-0.15, -0.1) is 0 Å². The predicted molar refractivity (Wildman–Crippen MR) is 78.4 cm³/mol. The number of benzene rings is 1. The van der Waals surface area contributed by atoms with Gasteiger partial charge in [0.25, 0.3) is 5.91 Å². The second kappa shape index (κ2) is 6.18. The highest BCUT2D eigenvalue weighted by Gasteiger charge is 2.11. The van der Waals surface area contributed by atoms with E-state index in [1.165, 1.54) is 0 Å². The minimum atomic E-state index is -0.293. The molecule has 2 rings (SSSR count). The van der Waals surface area contributed by atoms with Crippen molar-refractivity contribution in [3.8, 4) is 0 Å². The van der Waals surface area contributed by atoms with Gasteiger partial charge in [-0.05, 0) is 34.1 Å². The summed E-state index contributed by atoms with van der Waals surface area (Å²) in [5.74, 6) is -0.293. The third-order valence-electron chi connectivity index (χ3n) is 2.43. The smallest absolute Gasteiger partial charge is 0.275 e. The van der Waals surface area contributed by atoms with E-state index in [4.69, 9.17) is 17.3 Å². The minimum absolute atomic E-state index is 0.293. The Balaban J connectivity index is 2.13. The van der Waals surface area contributed by atoms with Gasteiger partial charge in [0, 0.05) is 28.8 Å². The van der Waals surface area contributed by atoms with Crippen molar-refractivity contribution in [1.82, 2.24) is 9.55 Å². The molecule has 0 unspecified atom stereocenters. The number of halogens is 2. The van der Waals surface area contributed by atoms with Gasteiger partial charge in [-0.1, -0.05) is 11.6 Å². The summed E-state index contributed by atoms with van der Waals surface area (Å²) >= 11 is 9.23. The van der Waals surface area contributed by atoms with Crippen molar-refractivity contribution in [3.05, 3.63) is 45.9 Å². The van der Waals surface area contributed by atoms with Gasteiger partial charge in [-0.25, -0.2) is 4.98 Å². The zero-order chi connectivity index (χ0) is 13.8. The molecule has 0 radical (unpaired) electrons. The molecule has 2 aromatic rings. The van der Waals surface area contributed by atoms with Crippen molar-refractivity contribution >= 4 is 39.1 Å². The molecule has 0 saturated heterocycles. The Morgan fingerprint density at radius 3 is 3.05 bits per heavy atom. The van der Waals surface area contributed by atoms with E-state index in [1.807, 2.05) is 0 Å². The molecule has 0 bridgehead atoms. The average Bonchev–Trinajstić information content (AvgIpc) is 2.83. The monoisotopic (exact) mass is 342 g/mol. The number of amides is 1. The van der Waals surface area contributed by atoms with Gasteiger partial charge in [-0.2, -0.15) is 0 Å². The highest BCUT2D eigenvalue weighted by molar-refractivity contribution is 9.10. The first-order valence-corrected chi connectivity index (χ1v) is 6.75. The topological polar surface area (TPSA) is 72.9 Å². The number of anilines is 1. The number of carbonyl (C=O) groups is 1. The zero-order valence-electron chi connectivity index (χ0n) is 9.94. The number of aromatic nitrogens is 2. The van der Waals surface area contributed by atoms with E-state index in [0.717, 1.165) is 4.47 Å². The molecule has 0 spiro atoms. The van der Waals surface area contributed by atoms with Gasteiger partial charge < -0.3 is 15.6 Å². The molecule has 0 fully saturated rings. The Kier molecular flexibility index (Phi) is 4.57. The van der Waals surface area contributed by atoms with Crippen LogP contribution in [0.5, 0.6) is 0 Å². The molecule has 0 aliphatic carbocycles. The van der Waals surface area contributed by atoms with Crippen LogP contribution < -0.4 is 11.1 Å². The predicted octanol–water partition coefficient (Wildman–Crippen LogP) is 2.51. The van der Waals surface area contributed by atoms with E-state index < -0.39 is 0 Å². The first-order valence-electron chi connectivity index (χ1n) is 5.58. The van der Waals surface area contributed by atoms with E-state index >= 15 is 0 Å². The molecule has 5 nitrogen and oxygen atoms in total. The van der Waals surface area contributed by atoms with Crippen molar-refractivity contribution in [2.45, 2.75) is 6.54 Å².